The van der Waals surface area contributed by atoms with E-state index in [-0.39, 0.29) is 18.1 Å². The molecule has 3 rings (SSSR count). The van der Waals surface area contributed by atoms with Gasteiger partial charge >= 0.3 is 0 Å². The summed E-state index contributed by atoms with van der Waals surface area (Å²) < 4.78 is 25.9. The van der Waals surface area contributed by atoms with E-state index in [1.807, 2.05) is 6.92 Å². The average molecular weight is 438 g/mol. The number of thioether (sulfide) groups is 1. The summed E-state index contributed by atoms with van der Waals surface area (Å²) in [6.45, 7) is 2.25. The molecule has 1 saturated heterocycles. The normalized spacial score (nSPS) is 15.4. The topological polar surface area (TPSA) is 38.8 Å². The van der Waals surface area contributed by atoms with Crippen LogP contribution in [0, 0.1) is 5.82 Å². The van der Waals surface area contributed by atoms with E-state index in [0.717, 1.165) is 5.56 Å². The van der Waals surface area contributed by atoms with Crippen molar-refractivity contribution in [3.05, 3.63) is 63.3 Å². The van der Waals surface area contributed by atoms with Gasteiger partial charge in [-0.1, -0.05) is 47.7 Å². The molecule has 1 amide bonds. The molecule has 1 fully saturated rings. The van der Waals surface area contributed by atoms with Gasteiger partial charge in [-0.05, 0) is 42.8 Å². The van der Waals surface area contributed by atoms with Crippen molar-refractivity contribution < 1.29 is 18.7 Å². The number of thiocarbonyl (C=S) groups is 1. The second-order valence-electron chi connectivity index (χ2n) is 5.87. The predicted molar refractivity (Wildman–Crippen MR) is 114 cm³/mol. The van der Waals surface area contributed by atoms with Crippen LogP contribution in [0.3, 0.4) is 0 Å². The zero-order valence-electron chi connectivity index (χ0n) is 15.2. The molecule has 0 N–H and O–H groups in total. The summed E-state index contributed by atoms with van der Waals surface area (Å²) in [5, 5.41) is 0.302. The van der Waals surface area contributed by atoms with Crippen molar-refractivity contribution in [3.63, 3.8) is 0 Å². The molecule has 0 bridgehead atoms. The second kappa shape index (κ2) is 8.94. The summed E-state index contributed by atoms with van der Waals surface area (Å²) in [5.41, 5.74) is 1.05. The third kappa shape index (κ3) is 4.48. The molecule has 8 heteroatoms. The Morgan fingerprint density at radius 1 is 1.25 bits per heavy atom. The Balaban J connectivity index is 1.83. The van der Waals surface area contributed by atoms with Gasteiger partial charge in [0.05, 0.1) is 16.5 Å². The summed E-state index contributed by atoms with van der Waals surface area (Å²) in [5.74, 6) is 0.392. The van der Waals surface area contributed by atoms with Crippen molar-refractivity contribution in [2.45, 2.75) is 13.5 Å². The van der Waals surface area contributed by atoms with Crippen LogP contribution in [0.4, 0.5) is 4.39 Å². The van der Waals surface area contributed by atoms with E-state index in [1.54, 1.807) is 43.5 Å². The molecule has 146 valence electrons. The molecule has 28 heavy (non-hydrogen) atoms. The maximum absolute atomic E-state index is 13.9. The first-order valence-corrected chi connectivity index (χ1v) is 10.0. The highest BCUT2D eigenvalue weighted by Crippen LogP contribution is 2.34. The second-order valence-corrected chi connectivity index (χ2v) is 7.95. The van der Waals surface area contributed by atoms with Crippen LogP contribution in [0.1, 0.15) is 18.1 Å². The Bertz CT molecular complexity index is 944. The standard InChI is InChI=1S/C20H17ClFNO3S2/c1-3-25-17-9-12(10-18-19(24)23(2)20(27)28-18)7-8-16(17)26-11-13-14(21)5-4-6-15(13)22/h4-10H,3,11H2,1-2H3/b18-10+. The molecule has 2 aromatic carbocycles. The van der Waals surface area contributed by atoms with Crippen LogP contribution in [0.2, 0.25) is 5.02 Å². The Hall–Kier alpha value is -2.09. The summed E-state index contributed by atoms with van der Waals surface area (Å²) in [6, 6.07) is 9.77. The highest BCUT2D eigenvalue weighted by atomic mass is 35.5. The van der Waals surface area contributed by atoms with Gasteiger partial charge in [0.25, 0.3) is 5.91 Å². The van der Waals surface area contributed by atoms with E-state index in [4.69, 9.17) is 33.3 Å². The number of rotatable bonds is 6. The Kier molecular flexibility index (Phi) is 6.59. The monoisotopic (exact) mass is 437 g/mol. The number of amides is 1. The number of hydrogen-bond donors (Lipinski definition) is 0. The lowest BCUT2D eigenvalue weighted by Gasteiger charge is -2.14. The van der Waals surface area contributed by atoms with Crippen LogP contribution in [0.25, 0.3) is 6.08 Å². The first-order valence-electron chi connectivity index (χ1n) is 8.44. The van der Waals surface area contributed by atoms with Crippen molar-refractivity contribution in [2.75, 3.05) is 13.7 Å². The average Bonchev–Trinajstić information content (AvgIpc) is 2.90. The molecular weight excluding hydrogens is 421 g/mol. The van der Waals surface area contributed by atoms with Gasteiger partial charge in [-0.25, -0.2) is 4.39 Å². The number of likely N-dealkylation sites (N-methyl/N-ethyl adjacent to an activating group) is 1. The number of nitrogens with zero attached hydrogens (tertiary/aromatic N) is 1. The van der Waals surface area contributed by atoms with Crippen LogP contribution >= 0.6 is 35.6 Å². The molecule has 0 aliphatic carbocycles. The third-order valence-corrected chi connectivity index (χ3v) is 5.82. The number of hydrogen-bond acceptors (Lipinski definition) is 5. The van der Waals surface area contributed by atoms with Crippen LogP contribution in [0.15, 0.2) is 41.3 Å². The maximum atomic E-state index is 13.9. The minimum absolute atomic E-state index is 0.0284. The number of carbonyl (C=O) groups is 1. The fraction of sp³-hybridized carbons (Fsp3) is 0.200. The van der Waals surface area contributed by atoms with Crippen molar-refractivity contribution in [1.29, 1.82) is 0 Å². The van der Waals surface area contributed by atoms with E-state index >= 15 is 0 Å². The van der Waals surface area contributed by atoms with Gasteiger partial charge in [-0.2, -0.15) is 0 Å². The van der Waals surface area contributed by atoms with Crippen LogP contribution in [-0.4, -0.2) is 28.8 Å². The maximum Gasteiger partial charge on any atom is 0.265 e. The SMILES string of the molecule is CCOc1cc(/C=C2/SC(=S)N(C)C2=O)ccc1OCc1c(F)cccc1Cl. The Labute approximate surface area is 177 Å². The van der Waals surface area contributed by atoms with Gasteiger partial charge in [0.15, 0.2) is 11.5 Å². The molecule has 1 aliphatic heterocycles. The molecule has 0 saturated carbocycles. The molecule has 1 heterocycles. The van der Waals surface area contributed by atoms with Gasteiger partial charge in [0.2, 0.25) is 0 Å². The lowest BCUT2D eigenvalue weighted by Crippen LogP contribution is -2.22. The lowest BCUT2D eigenvalue weighted by atomic mass is 10.1. The first kappa shape index (κ1) is 20.6. The fourth-order valence-corrected chi connectivity index (χ4v) is 3.92. The highest BCUT2D eigenvalue weighted by Gasteiger charge is 2.28. The fourth-order valence-electron chi connectivity index (χ4n) is 2.52. The molecule has 0 spiro atoms. The highest BCUT2D eigenvalue weighted by molar-refractivity contribution is 8.26. The summed E-state index contributed by atoms with van der Waals surface area (Å²) in [7, 11) is 1.65. The number of ether oxygens (including phenoxy) is 2. The minimum atomic E-state index is -0.427. The molecule has 0 unspecified atom stereocenters. The van der Waals surface area contributed by atoms with Gasteiger partial charge in [-0.15, -0.1) is 0 Å². The van der Waals surface area contributed by atoms with Gasteiger partial charge < -0.3 is 9.47 Å². The minimum Gasteiger partial charge on any atom is -0.490 e. The van der Waals surface area contributed by atoms with Crippen LogP contribution in [-0.2, 0) is 11.4 Å². The summed E-state index contributed by atoms with van der Waals surface area (Å²) >= 11 is 12.4. The van der Waals surface area contributed by atoms with Crippen LogP contribution in [0.5, 0.6) is 11.5 Å². The van der Waals surface area contributed by atoms with Crippen LogP contribution < -0.4 is 9.47 Å². The lowest BCUT2D eigenvalue weighted by molar-refractivity contribution is -0.121. The van der Waals surface area contributed by atoms with E-state index in [9.17, 15) is 9.18 Å². The van der Waals surface area contributed by atoms with E-state index in [0.29, 0.717) is 32.4 Å². The molecule has 4 nitrogen and oxygen atoms in total. The van der Waals surface area contributed by atoms with Crippen molar-refractivity contribution >= 4 is 51.9 Å². The molecular formula is C20H17ClFNO3S2. The van der Waals surface area contributed by atoms with Crippen molar-refractivity contribution in [3.8, 4) is 11.5 Å². The molecule has 1 aliphatic rings. The quantitative estimate of drug-likeness (QED) is 0.453. The molecule has 0 atom stereocenters. The van der Waals surface area contributed by atoms with E-state index < -0.39 is 5.82 Å². The van der Waals surface area contributed by atoms with Gasteiger partial charge in [0.1, 0.15) is 16.7 Å². The van der Waals surface area contributed by atoms with Crippen molar-refractivity contribution in [2.24, 2.45) is 0 Å². The third-order valence-electron chi connectivity index (χ3n) is 3.99. The zero-order valence-corrected chi connectivity index (χ0v) is 17.6. The first-order chi connectivity index (χ1) is 13.4. The molecule has 0 aromatic heterocycles. The zero-order chi connectivity index (χ0) is 20.3. The number of carbonyl (C=O) groups excluding carboxylic acids is 1. The summed E-state index contributed by atoms with van der Waals surface area (Å²) in [4.78, 5) is 14.1. The van der Waals surface area contributed by atoms with Gasteiger partial charge in [-0.3, -0.25) is 9.69 Å². The largest absolute Gasteiger partial charge is 0.490 e. The summed E-state index contributed by atoms with van der Waals surface area (Å²) in [6.07, 6.45) is 1.75. The Morgan fingerprint density at radius 2 is 2.04 bits per heavy atom. The van der Waals surface area contributed by atoms with Crippen molar-refractivity contribution in [1.82, 2.24) is 4.90 Å². The number of halogens is 2. The van der Waals surface area contributed by atoms with E-state index in [1.165, 1.54) is 22.7 Å². The van der Waals surface area contributed by atoms with E-state index in [2.05, 4.69) is 0 Å². The molecule has 0 radical (unpaired) electrons. The Morgan fingerprint density at radius 3 is 2.68 bits per heavy atom. The van der Waals surface area contributed by atoms with Gasteiger partial charge in [0, 0.05) is 12.6 Å². The number of benzene rings is 2. The predicted octanol–water partition coefficient (Wildman–Crippen LogP) is 5.29. The molecule has 2 aromatic rings. The smallest absolute Gasteiger partial charge is 0.265 e.